The molecule has 4 heteroatoms. The molecule has 0 heterocycles. The van der Waals surface area contributed by atoms with Crippen LogP contribution in [-0.2, 0) is 9.59 Å². The molecule has 0 atom stereocenters. The summed E-state index contributed by atoms with van der Waals surface area (Å²) in [4.78, 5) is 21.5. The number of unbranched alkanes of at least 4 members (excludes halogenated alkanes) is 17. The summed E-state index contributed by atoms with van der Waals surface area (Å²) in [5.41, 5.74) is 0. The van der Waals surface area contributed by atoms with Crippen molar-refractivity contribution < 1.29 is 9.59 Å². The lowest BCUT2D eigenvalue weighted by Crippen LogP contribution is -2.20. The maximum absolute atomic E-state index is 10.7. The molecule has 2 amide bonds. The topological polar surface area (TPSA) is 58.2 Å². The smallest absolute Gasteiger partial charge is 0.216 e. The Hall–Kier alpha value is -1.06. The van der Waals surface area contributed by atoms with Crippen molar-refractivity contribution in [3.05, 3.63) is 0 Å². The van der Waals surface area contributed by atoms with Gasteiger partial charge >= 0.3 is 0 Å². The molecule has 0 aliphatic carbocycles. The molecule has 4 nitrogen and oxygen atoms in total. The summed E-state index contributed by atoms with van der Waals surface area (Å²) in [6.07, 6.45) is 24.1. The molecule has 0 aromatic heterocycles. The third-order valence-electron chi connectivity index (χ3n) is 5.35. The number of hydrogen-bond acceptors (Lipinski definition) is 2. The van der Waals surface area contributed by atoms with Crippen molar-refractivity contribution in [2.45, 2.75) is 129 Å². The largest absolute Gasteiger partial charge is 0.356 e. The van der Waals surface area contributed by atoms with E-state index < -0.39 is 0 Å². The van der Waals surface area contributed by atoms with Crippen molar-refractivity contribution in [2.24, 2.45) is 0 Å². The zero-order valence-corrected chi connectivity index (χ0v) is 19.0. The highest BCUT2D eigenvalue weighted by Crippen LogP contribution is 2.14. The Kier molecular flexibility index (Phi) is 21.4. The van der Waals surface area contributed by atoms with Gasteiger partial charge in [-0.2, -0.15) is 0 Å². The van der Waals surface area contributed by atoms with Crippen LogP contribution in [0.5, 0.6) is 0 Å². The molecule has 0 aromatic carbocycles. The van der Waals surface area contributed by atoms with E-state index in [4.69, 9.17) is 0 Å². The van der Waals surface area contributed by atoms with Gasteiger partial charge in [-0.3, -0.25) is 9.59 Å². The number of carbonyl (C=O) groups excluding carboxylic acids is 2. The average molecular weight is 397 g/mol. The minimum atomic E-state index is 0.0894. The van der Waals surface area contributed by atoms with Gasteiger partial charge in [-0.05, 0) is 12.8 Å². The SMILES string of the molecule is CC(=O)NCCCCCCCCCCCCCCCCCCCCNC(C)=O. The second-order valence-electron chi connectivity index (χ2n) is 8.33. The van der Waals surface area contributed by atoms with Crippen molar-refractivity contribution >= 4 is 11.8 Å². The molecule has 28 heavy (non-hydrogen) atoms. The van der Waals surface area contributed by atoms with E-state index >= 15 is 0 Å². The number of nitrogens with one attached hydrogen (secondary N) is 2. The van der Waals surface area contributed by atoms with Crippen LogP contribution in [0.1, 0.15) is 129 Å². The Morgan fingerprint density at radius 3 is 0.750 bits per heavy atom. The molecule has 2 N–H and O–H groups in total. The first-order chi connectivity index (χ1) is 13.6. The van der Waals surface area contributed by atoms with Crippen LogP contribution in [0.25, 0.3) is 0 Å². The van der Waals surface area contributed by atoms with Crippen LogP contribution < -0.4 is 10.6 Å². The fraction of sp³-hybridized carbons (Fsp3) is 0.917. The lowest BCUT2D eigenvalue weighted by molar-refractivity contribution is -0.119. The molecular weight excluding hydrogens is 348 g/mol. The quantitative estimate of drug-likeness (QED) is 0.224. The van der Waals surface area contributed by atoms with Crippen LogP contribution in [0.4, 0.5) is 0 Å². The van der Waals surface area contributed by atoms with Gasteiger partial charge in [0.05, 0.1) is 0 Å². The molecule has 0 saturated carbocycles. The van der Waals surface area contributed by atoms with Gasteiger partial charge in [0.2, 0.25) is 11.8 Å². The summed E-state index contributed by atoms with van der Waals surface area (Å²) in [7, 11) is 0. The van der Waals surface area contributed by atoms with Gasteiger partial charge < -0.3 is 10.6 Å². The third kappa shape index (κ3) is 24.9. The van der Waals surface area contributed by atoms with E-state index in [9.17, 15) is 9.59 Å². The van der Waals surface area contributed by atoms with E-state index in [0.717, 1.165) is 25.9 Å². The molecule has 166 valence electrons. The number of amides is 2. The minimum Gasteiger partial charge on any atom is -0.356 e. The first-order valence-electron chi connectivity index (χ1n) is 12.1. The molecule has 0 aromatic rings. The number of carbonyl (C=O) groups is 2. The zero-order valence-electron chi connectivity index (χ0n) is 19.0. The zero-order chi connectivity index (χ0) is 20.7. The minimum absolute atomic E-state index is 0.0894. The number of rotatable bonds is 21. The lowest BCUT2D eigenvalue weighted by Gasteiger charge is -2.04. The molecule has 0 aliphatic heterocycles. The fourth-order valence-electron chi connectivity index (χ4n) is 3.61. The summed E-state index contributed by atoms with van der Waals surface area (Å²) in [5, 5.41) is 5.71. The van der Waals surface area contributed by atoms with E-state index in [1.54, 1.807) is 13.8 Å². The Balaban J connectivity index is 3.01. The molecule has 0 fully saturated rings. The van der Waals surface area contributed by atoms with Crippen molar-refractivity contribution in [3.63, 3.8) is 0 Å². The normalized spacial score (nSPS) is 10.8. The van der Waals surface area contributed by atoms with Gasteiger partial charge in [0, 0.05) is 26.9 Å². The van der Waals surface area contributed by atoms with E-state index in [-0.39, 0.29) is 11.8 Å². The maximum Gasteiger partial charge on any atom is 0.216 e. The predicted molar refractivity (Wildman–Crippen MR) is 120 cm³/mol. The van der Waals surface area contributed by atoms with E-state index in [2.05, 4.69) is 10.6 Å². The fourth-order valence-corrected chi connectivity index (χ4v) is 3.61. The van der Waals surface area contributed by atoms with Crippen molar-refractivity contribution in [3.8, 4) is 0 Å². The average Bonchev–Trinajstić information content (AvgIpc) is 2.65. The highest BCUT2D eigenvalue weighted by Gasteiger charge is 1.96. The van der Waals surface area contributed by atoms with Gasteiger partial charge in [0.1, 0.15) is 0 Å². The van der Waals surface area contributed by atoms with Gasteiger partial charge in [-0.1, -0.05) is 103 Å². The molecule has 0 aliphatic rings. The van der Waals surface area contributed by atoms with Crippen LogP contribution >= 0.6 is 0 Å². The van der Waals surface area contributed by atoms with Crippen molar-refractivity contribution in [2.75, 3.05) is 13.1 Å². The van der Waals surface area contributed by atoms with Gasteiger partial charge in [0.15, 0.2) is 0 Å². The highest BCUT2D eigenvalue weighted by atomic mass is 16.1. The van der Waals surface area contributed by atoms with Gasteiger partial charge in [0.25, 0.3) is 0 Å². The molecule has 0 bridgehead atoms. The summed E-state index contributed by atoms with van der Waals surface area (Å²) in [6, 6.07) is 0. The van der Waals surface area contributed by atoms with Crippen molar-refractivity contribution in [1.82, 2.24) is 10.6 Å². The van der Waals surface area contributed by atoms with Crippen LogP contribution in [0.3, 0.4) is 0 Å². The predicted octanol–water partition coefficient (Wildman–Crippen LogP) is 6.28. The third-order valence-corrected chi connectivity index (χ3v) is 5.35. The summed E-state index contributed by atoms with van der Waals surface area (Å²) >= 11 is 0. The molecular formula is C24H48N2O2. The van der Waals surface area contributed by atoms with Gasteiger partial charge in [-0.25, -0.2) is 0 Å². The van der Waals surface area contributed by atoms with E-state index in [1.807, 2.05) is 0 Å². The molecule has 0 radical (unpaired) electrons. The van der Waals surface area contributed by atoms with Crippen LogP contribution in [0.2, 0.25) is 0 Å². The van der Waals surface area contributed by atoms with Gasteiger partial charge in [-0.15, -0.1) is 0 Å². The molecule has 0 unspecified atom stereocenters. The van der Waals surface area contributed by atoms with E-state index in [1.165, 1.54) is 103 Å². The first-order valence-corrected chi connectivity index (χ1v) is 12.1. The Bertz CT molecular complexity index is 325. The van der Waals surface area contributed by atoms with Crippen molar-refractivity contribution in [1.29, 1.82) is 0 Å². The summed E-state index contributed by atoms with van der Waals surface area (Å²) in [6.45, 7) is 4.86. The Labute approximate surface area is 175 Å². The monoisotopic (exact) mass is 396 g/mol. The first kappa shape index (κ1) is 26.9. The number of hydrogen-bond donors (Lipinski definition) is 2. The Morgan fingerprint density at radius 1 is 0.393 bits per heavy atom. The van der Waals surface area contributed by atoms with Crippen LogP contribution in [0.15, 0.2) is 0 Å². The second kappa shape index (κ2) is 22.2. The van der Waals surface area contributed by atoms with E-state index in [0.29, 0.717) is 0 Å². The Morgan fingerprint density at radius 2 is 0.571 bits per heavy atom. The summed E-state index contributed by atoms with van der Waals surface area (Å²) < 4.78 is 0. The standard InChI is InChI=1S/C24H48N2O2/c1-23(27)25-21-19-17-15-13-11-9-7-5-3-4-6-8-10-12-14-16-18-20-22-26-24(2)28/h3-22H2,1-2H3,(H,25,27)(H,26,28). The molecule has 0 rings (SSSR count). The lowest BCUT2D eigenvalue weighted by atomic mass is 10.0. The maximum atomic E-state index is 10.7. The van der Waals surface area contributed by atoms with Crippen LogP contribution in [-0.4, -0.2) is 24.9 Å². The summed E-state index contributed by atoms with van der Waals surface area (Å²) in [5.74, 6) is 0.179. The highest BCUT2D eigenvalue weighted by molar-refractivity contribution is 5.72. The molecule has 0 spiro atoms. The second-order valence-corrected chi connectivity index (χ2v) is 8.33. The molecule has 0 saturated heterocycles. The van der Waals surface area contributed by atoms with Crippen LogP contribution in [0, 0.1) is 0 Å².